The third kappa shape index (κ3) is 4.78. The Labute approximate surface area is 131 Å². The maximum Gasteiger partial charge on any atom is 0.268 e. The SMILES string of the molecule is NC(=O)c1csc(NC(=O)CCCC(=O)N2CCOCC2)n1. The highest BCUT2D eigenvalue weighted by molar-refractivity contribution is 7.14. The summed E-state index contributed by atoms with van der Waals surface area (Å²) in [7, 11) is 0. The van der Waals surface area contributed by atoms with E-state index in [9.17, 15) is 14.4 Å². The van der Waals surface area contributed by atoms with Crippen molar-refractivity contribution in [3.8, 4) is 0 Å². The van der Waals surface area contributed by atoms with Crippen molar-refractivity contribution in [1.29, 1.82) is 0 Å². The monoisotopic (exact) mass is 326 g/mol. The Morgan fingerprint density at radius 3 is 2.68 bits per heavy atom. The van der Waals surface area contributed by atoms with E-state index in [0.29, 0.717) is 44.3 Å². The van der Waals surface area contributed by atoms with E-state index in [0.717, 1.165) is 11.3 Å². The predicted molar refractivity (Wildman–Crippen MR) is 80.5 cm³/mol. The van der Waals surface area contributed by atoms with Gasteiger partial charge in [-0.2, -0.15) is 0 Å². The van der Waals surface area contributed by atoms with Crippen LogP contribution in [-0.4, -0.2) is 53.9 Å². The average molecular weight is 326 g/mol. The summed E-state index contributed by atoms with van der Waals surface area (Å²) in [6, 6.07) is 0. The lowest BCUT2D eigenvalue weighted by molar-refractivity contribution is -0.135. The van der Waals surface area contributed by atoms with Gasteiger partial charge in [-0.05, 0) is 6.42 Å². The lowest BCUT2D eigenvalue weighted by Gasteiger charge is -2.26. The fourth-order valence-corrected chi connectivity index (χ4v) is 2.71. The molecular weight excluding hydrogens is 308 g/mol. The van der Waals surface area contributed by atoms with Gasteiger partial charge >= 0.3 is 0 Å². The summed E-state index contributed by atoms with van der Waals surface area (Å²) >= 11 is 1.14. The van der Waals surface area contributed by atoms with Gasteiger partial charge in [0.25, 0.3) is 5.91 Å². The number of nitrogens with two attached hydrogens (primary N) is 1. The third-order valence-electron chi connectivity index (χ3n) is 3.16. The molecule has 9 heteroatoms. The molecule has 120 valence electrons. The molecule has 0 bridgehead atoms. The Hall–Kier alpha value is -2.00. The lowest BCUT2D eigenvalue weighted by Crippen LogP contribution is -2.40. The largest absolute Gasteiger partial charge is 0.378 e. The molecule has 0 unspecified atom stereocenters. The maximum absolute atomic E-state index is 11.9. The number of rotatable bonds is 6. The van der Waals surface area contributed by atoms with Crippen LogP contribution in [0.15, 0.2) is 5.38 Å². The summed E-state index contributed by atoms with van der Waals surface area (Å²) in [5.41, 5.74) is 5.21. The summed E-state index contributed by atoms with van der Waals surface area (Å²) in [5, 5.41) is 4.40. The highest BCUT2D eigenvalue weighted by Crippen LogP contribution is 2.15. The minimum absolute atomic E-state index is 0.0429. The van der Waals surface area contributed by atoms with Gasteiger partial charge in [-0.1, -0.05) is 0 Å². The molecule has 1 aliphatic rings. The van der Waals surface area contributed by atoms with Crippen LogP contribution < -0.4 is 11.1 Å². The lowest BCUT2D eigenvalue weighted by atomic mass is 10.2. The van der Waals surface area contributed by atoms with E-state index < -0.39 is 5.91 Å². The van der Waals surface area contributed by atoms with Gasteiger partial charge in [0, 0.05) is 31.3 Å². The topological polar surface area (TPSA) is 115 Å². The number of carbonyl (C=O) groups is 3. The first-order valence-corrected chi connectivity index (χ1v) is 7.85. The van der Waals surface area contributed by atoms with Crippen molar-refractivity contribution in [1.82, 2.24) is 9.88 Å². The number of hydrogen-bond donors (Lipinski definition) is 2. The number of primary amides is 1. The van der Waals surface area contributed by atoms with Crippen LogP contribution in [0.1, 0.15) is 29.8 Å². The van der Waals surface area contributed by atoms with Crippen molar-refractivity contribution >= 4 is 34.2 Å². The van der Waals surface area contributed by atoms with Crippen LogP contribution >= 0.6 is 11.3 Å². The van der Waals surface area contributed by atoms with Crippen molar-refractivity contribution in [2.45, 2.75) is 19.3 Å². The van der Waals surface area contributed by atoms with Gasteiger partial charge in [-0.15, -0.1) is 11.3 Å². The van der Waals surface area contributed by atoms with Crippen LogP contribution in [0.25, 0.3) is 0 Å². The second-order valence-electron chi connectivity index (χ2n) is 4.80. The van der Waals surface area contributed by atoms with Crippen LogP contribution in [0.3, 0.4) is 0 Å². The number of aromatic nitrogens is 1. The van der Waals surface area contributed by atoms with E-state index in [4.69, 9.17) is 10.5 Å². The average Bonchev–Trinajstić information content (AvgIpc) is 2.96. The van der Waals surface area contributed by atoms with Crippen molar-refractivity contribution in [2.75, 3.05) is 31.6 Å². The molecule has 2 rings (SSSR count). The molecule has 3 amide bonds. The summed E-state index contributed by atoms with van der Waals surface area (Å²) < 4.78 is 5.18. The summed E-state index contributed by atoms with van der Waals surface area (Å²) in [4.78, 5) is 40.2. The summed E-state index contributed by atoms with van der Waals surface area (Å²) in [6.45, 7) is 2.36. The van der Waals surface area contributed by atoms with Gasteiger partial charge in [-0.3, -0.25) is 14.4 Å². The molecule has 0 radical (unpaired) electrons. The Morgan fingerprint density at radius 2 is 2.05 bits per heavy atom. The third-order valence-corrected chi connectivity index (χ3v) is 3.92. The van der Waals surface area contributed by atoms with E-state index >= 15 is 0 Å². The molecule has 1 fully saturated rings. The summed E-state index contributed by atoms with van der Waals surface area (Å²) in [5.74, 6) is -0.825. The zero-order valence-corrected chi connectivity index (χ0v) is 12.9. The maximum atomic E-state index is 11.9. The number of carbonyl (C=O) groups excluding carboxylic acids is 3. The van der Waals surface area contributed by atoms with Gasteiger partial charge in [0.15, 0.2) is 5.13 Å². The standard InChI is InChI=1S/C13H18N4O4S/c14-12(20)9-8-22-13(15-9)16-10(18)2-1-3-11(19)17-4-6-21-7-5-17/h8H,1-7H2,(H2,14,20)(H,15,16,18). The van der Waals surface area contributed by atoms with E-state index in [1.807, 2.05) is 0 Å². The molecule has 0 aliphatic carbocycles. The molecule has 0 spiro atoms. The first-order chi connectivity index (χ1) is 10.6. The van der Waals surface area contributed by atoms with Crippen LogP contribution in [0.4, 0.5) is 5.13 Å². The van der Waals surface area contributed by atoms with Crippen molar-refractivity contribution in [2.24, 2.45) is 5.73 Å². The number of amides is 3. The van der Waals surface area contributed by atoms with Crippen molar-refractivity contribution < 1.29 is 19.1 Å². The highest BCUT2D eigenvalue weighted by atomic mass is 32.1. The summed E-state index contributed by atoms with van der Waals surface area (Å²) in [6.07, 6.45) is 1.02. The minimum Gasteiger partial charge on any atom is -0.378 e. The normalized spacial score (nSPS) is 14.6. The van der Waals surface area contributed by atoms with E-state index in [-0.39, 0.29) is 23.9 Å². The molecule has 1 aliphatic heterocycles. The van der Waals surface area contributed by atoms with E-state index in [2.05, 4.69) is 10.3 Å². The van der Waals surface area contributed by atoms with E-state index in [1.165, 1.54) is 5.38 Å². The Bertz CT molecular complexity index is 554. The number of hydrogen-bond acceptors (Lipinski definition) is 6. The molecular formula is C13H18N4O4S. The molecule has 22 heavy (non-hydrogen) atoms. The zero-order valence-electron chi connectivity index (χ0n) is 12.0. The van der Waals surface area contributed by atoms with Crippen molar-refractivity contribution in [3.05, 3.63) is 11.1 Å². The molecule has 1 aromatic heterocycles. The van der Waals surface area contributed by atoms with E-state index in [1.54, 1.807) is 4.90 Å². The van der Waals surface area contributed by atoms with Gasteiger partial charge < -0.3 is 20.7 Å². The van der Waals surface area contributed by atoms with Crippen LogP contribution in [-0.2, 0) is 14.3 Å². The van der Waals surface area contributed by atoms with Gasteiger partial charge in [0.2, 0.25) is 11.8 Å². The number of nitrogens with zero attached hydrogens (tertiary/aromatic N) is 2. The predicted octanol–water partition coefficient (Wildman–Crippen LogP) is 0.210. The number of thiazole rings is 1. The molecule has 0 saturated carbocycles. The zero-order chi connectivity index (χ0) is 15.9. The minimum atomic E-state index is -0.632. The number of ether oxygens (including phenoxy) is 1. The Balaban J connectivity index is 1.68. The molecule has 0 aromatic carbocycles. The first kappa shape index (κ1) is 16.4. The second-order valence-corrected chi connectivity index (χ2v) is 5.66. The number of anilines is 1. The Kier molecular flexibility index (Phi) is 5.84. The van der Waals surface area contributed by atoms with Gasteiger partial charge in [-0.25, -0.2) is 4.98 Å². The Morgan fingerprint density at radius 1 is 1.32 bits per heavy atom. The van der Waals surface area contributed by atoms with Gasteiger partial charge in [0.1, 0.15) is 5.69 Å². The van der Waals surface area contributed by atoms with Crippen LogP contribution in [0.5, 0.6) is 0 Å². The fraction of sp³-hybridized carbons (Fsp3) is 0.538. The fourth-order valence-electron chi connectivity index (χ4n) is 2.00. The molecule has 8 nitrogen and oxygen atoms in total. The first-order valence-electron chi connectivity index (χ1n) is 6.97. The van der Waals surface area contributed by atoms with Gasteiger partial charge in [0.05, 0.1) is 13.2 Å². The van der Waals surface area contributed by atoms with Crippen molar-refractivity contribution in [3.63, 3.8) is 0 Å². The molecule has 1 aromatic rings. The second kappa shape index (κ2) is 7.85. The molecule has 3 N–H and O–H groups in total. The smallest absolute Gasteiger partial charge is 0.268 e. The molecule has 0 atom stereocenters. The molecule has 2 heterocycles. The number of nitrogens with one attached hydrogen (secondary N) is 1. The molecule has 1 saturated heterocycles. The van der Waals surface area contributed by atoms with Crippen LogP contribution in [0.2, 0.25) is 0 Å². The quantitative estimate of drug-likeness (QED) is 0.775. The number of morpholine rings is 1. The highest BCUT2D eigenvalue weighted by Gasteiger charge is 2.17. The van der Waals surface area contributed by atoms with Crippen LogP contribution in [0, 0.1) is 0 Å².